The largest absolute Gasteiger partial charge is 0.484 e. The molecule has 0 unspecified atom stereocenters. The van der Waals surface area contributed by atoms with Crippen LogP contribution in [0.5, 0.6) is 5.75 Å². The number of nitrogens with one attached hydrogen (secondary N) is 2. The van der Waals surface area contributed by atoms with Crippen LogP contribution in [0.15, 0.2) is 42.5 Å². The second-order valence-corrected chi connectivity index (χ2v) is 7.58. The van der Waals surface area contributed by atoms with Crippen LogP contribution in [0.4, 0.5) is 11.4 Å². The highest BCUT2D eigenvalue weighted by Gasteiger charge is 2.47. The maximum absolute atomic E-state index is 12.6. The number of ether oxygens (including phenoxy) is 1. The van der Waals surface area contributed by atoms with E-state index in [1.807, 2.05) is 12.1 Å². The number of carbonyl (C=O) groups is 2. The van der Waals surface area contributed by atoms with Gasteiger partial charge in [0.25, 0.3) is 5.91 Å². The molecule has 2 aliphatic rings. The molecule has 2 aromatic rings. The lowest BCUT2D eigenvalue weighted by Crippen LogP contribution is -2.36. The summed E-state index contributed by atoms with van der Waals surface area (Å²) in [6.45, 7) is -0.0962. The molecular formula is C21H21ClN2O3. The minimum atomic E-state index is -0.436. The first-order valence-electron chi connectivity index (χ1n) is 9.21. The number of anilines is 2. The van der Waals surface area contributed by atoms with Gasteiger partial charge in [0, 0.05) is 16.4 Å². The van der Waals surface area contributed by atoms with E-state index in [0.29, 0.717) is 16.5 Å². The van der Waals surface area contributed by atoms with Crippen molar-refractivity contribution < 1.29 is 14.3 Å². The van der Waals surface area contributed by atoms with Crippen molar-refractivity contribution in [2.24, 2.45) is 0 Å². The molecule has 2 N–H and O–H groups in total. The number of carbonyl (C=O) groups excluding carboxylic acids is 2. The first-order chi connectivity index (χ1) is 13.1. The molecule has 1 aliphatic heterocycles. The van der Waals surface area contributed by atoms with E-state index in [4.69, 9.17) is 16.3 Å². The summed E-state index contributed by atoms with van der Waals surface area (Å²) in [6, 6.07) is 12.5. The summed E-state index contributed by atoms with van der Waals surface area (Å²) < 4.78 is 5.48. The molecule has 27 heavy (non-hydrogen) atoms. The van der Waals surface area contributed by atoms with Crippen molar-refractivity contribution in [2.45, 2.75) is 37.5 Å². The lowest BCUT2D eigenvalue weighted by atomic mass is 9.70. The van der Waals surface area contributed by atoms with Gasteiger partial charge in [-0.2, -0.15) is 0 Å². The van der Waals surface area contributed by atoms with Crippen molar-refractivity contribution in [1.82, 2.24) is 0 Å². The van der Waals surface area contributed by atoms with Gasteiger partial charge in [0.2, 0.25) is 5.91 Å². The molecule has 1 fully saturated rings. The van der Waals surface area contributed by atoms with Crippen LogP contribution in [0.2, 0.25) is 5.02 Å². The number of hydrogen-bond donors (Lipinski definition) is 2. The Balaban J connectivity index is 1.45. The monoisotopic (exact) mass is 384 g/mol. The third-order valence-corrected chi connectivity index (χ3v) is 5.64. The molecule has 5 nitrogen and oxygen atoms in total. The molecule has 1 saturated carbocycles. The van der Waals surface area contributed by atoms with Crippen LogP contribution in [0, 0.1) is 0 Å². The third-order valence-electron chi connectivity index (χ3n) is 5.39. The van der Waals surface area contributed by atoms with Crippen LogP contribution in [-0.4, -0.2) is 18.4 Å². The average Bonchev–Trinajstić information content (AvgIpc) is 2.93. The van der Waals surface area contributed by atoms with Gasteiger partial charge in [-0.1, -0.05) is 30.9 Å². The molecule has 4 rings (SSSR count). The predicted molar refractivity (Wildman–Crippen MR) is 105 cm³/mol. The van der Waals surface area contributed by atoms with Crippen LogP contribution < -0.4 is 15.4 Å². The summed E-state index contributed by atoms with van der Waals surface area (Å²) in [7, 11) is 0. The van der Waals surface area contributed by atoms with E-state index >= 15 is 0 Å². The second-order valence-electron chi connectivity index (χ2n) is 7.15. The van der Waals surface area contributed by atoms with Crippen molar-refractivity contribution >= 4 is 34.8 Å². The highest BCUT2D eigenvalue weighted by Crippen LogP contribution is 2.48. The first kappa shape index (κ1) is 17.9. The van der Waals surface area contributed by atoms with E-state index in [1.165, 1.54) is 6.42 Å². The van der Waals surface area contributed by atoms with Crippen molar-refractivity contribution in [3.63, 3.8) is 0 Å². The molecule has 1 heterocycles. The molecule has 0 aromatic heterocycles. The zero-order valence-electron chi connectivity index (χ0n) is 14.9. The number of halogens is 1. The molecule has 0 radical (unpaired) electrons. The molecule has 0 saturated heterocycles. The van der Waals surface area contributed by atoms with E-state index in [2.05, 4.69) is 10.6 Å². The van der Waals surface area contributed by atoms with Gasteiger partial charge in [-0.3, -0.25) is 9.59 Å². The summed E-state index contributed by atoms with van der Waals surface area (Å²) >= 11 is 5.84. The minimum Gasteiger partial charge on any atom is -0.484 e. The summed E-state index contributed by atoms with van der Waals surface area (Å²) in [5.74, 6) is 0.422. The number of amides is 2. The Morgan fingerprint density at radius 1 is 1.11 bits per heavy atom. The highest BCUT2D eigenvalue weighted by atomic mass is 35.5. The SMILES string of the molecule is O=C(COc1ccc(Cl)cc1)Nc1ccc2c(c1)C1(CCCCC1)C(=O)N2. The zero-order valence-corrected chi connectivity index (χ0v) is 15.6. The minimum absolute atomic E-state index is 0.0896. The van der Waals surface area contributed by atoms with Crippen LogP contribution in [-0.2, 0) is 15.0 Å². The first-order valence-corrected chi connectivity index (χ1v) is 9.59. The summed E-state index contributed by atoms with van der Waals surface area (Å²) in [5.41, 5.74) is 2.11. The molecule has 1 spiro atoms. The van der Waals surface area contributed by atoms with Gasteiger partial charge in [0.15, 0.2) is 6.61 Å². The Hall–Kier alpha value is -2.53. The van der Waals surface area contributed by atoms with E-state index in [0.717, 1.165) is 36.9 Å². The lowest BCUT2D eigenvalue weighted by molar-refractivity contribution is -0.122. The highest BCUT2D eigenvalue weighted by molar-refractivity contribution is 6.30. The Morgan fingerprint density at radius 3 is 2.59 bits per heavy atom. The maximum Gasteiger partial charge on any atom is 0.262 e. The molecule has 140 valence electrons. The van der Waals surface area contributed by atoms with E-state index in [1.54, 1.807) is 30.3 Å². The number of fused-ring (bicyclic) bond motifs is 2. The Kier molecular flexibility index (Phi) is 4.79. The van der Waals surface area contributed by atoms with Crippen LogP contribution in [0.25, 0.3) is 0 Å². The van der Waals surface area contributed by atoms with E-state index < -0.39 is 5.41 Å². The zero-order chi connectivity index (χ0) is 18.9. The molecule has 6 heteroatoms. The summed E-state index contributed by atoms with van der Waals surface area (Å²) in [4.78, 5) is 24.8. The molecule has 1 aliphatic carbocycles. The summed E-state index contributed by atoms with van der Waals surface area (Å²) in [5, 5.41) is 6.48. The van der Waals surface area contributed by atoms with Crippen molar-refractivity contribution in [3.05, 3.63) is 53.1 Å². The summed E-state index contributed by atoms with van der Waals surface area (Å²) in [6.07, 6.45) is 5.01. The van der Waals surface area contributed by atoms with Gasteiger partial charge >= 0.3 is 0 Å². The van der Waals surface area contributed by atoms with E-state index in [9.17, 15) is 9.59 Å². The van der Waals surface area contributed by atoms with Gasteiger partial charge in [-0.15, -0.1) is 0 Å². The second kappa shape index (κ2) is 7.24. The topological polar surface area (TPSA) is 67.4 Å². The van der Waals surface area contributed by atoms with Crippen molar-refractivity contribution in [2.75, 3.05) is 17.2 Å². The van der Waals surface area contributed by atoms with Crippen LogP contribution in [0.1, 0.15) is 37.7 Å². The van der Waals surface area contributed by atoms with Gasteiger partial charge < -0.3 is 15.4 Å². The van der Waals surface area contributed by atoms with Gasteiger partial charge in [-0.25, -0.2) is 0 Å². The standard InChI is InChI=1S/C21H21ClN2O3/c22-14-4-7-16(8-5-14)27-13-19(25)23-15-6-9-18-17(12-15)21(20(26)24-18)10-2-1-3-11-21/h4-9,12H,1-3,10-11,13H2,(H,23,25)(H,24,26). The normalized spacial score (nSPS) is 17.3. The van der Waals surface area contributed by atoms with Gasteiger partial charge in [-0.05, 0) is 60.9 Å². The Bertz CT molecular complexity index is 873. The number of hydrogen-bond acceptors (Lipinski definition) is 3. The molecule has 0 atom stereocenters. The van der Waals surface area contributed by atoms with Gasteiger partial charge in [0.05, 0.1) is 5.41 Å². The maximum atomic E-state index is 12.6. The lowest BCUT2D eigenvalue weighted by Gasteiger charge is -2.31. The fourth-order valence-electron chi connectivity index (χ4n) is 4.02. The van der Waals surface area contributed by atoms with Crippen LogP contribution >= 0.6 is 11.6 Å². The van der Waals surface area contributed by atoms with Crippen LogP contribution in [0.3, 0.4) is 0 Å². The van der Waals surface area contributed by atoms with Crippen molar-refractivity contribution in [3.8, 4) is 5.75 Å². The molecule has 2 aromatic carbocycles. The Morgan fingerprint density at radius 2 is 1.85 bits per heavy atom. The fourth-order valence-corrected chi connectivity index (χ4v) is 4.15. The molecule has 2 amide bonds. The van der Waals surface area contributed by atoms with E-state index in [-0.39, 0.29) is 18.4 Å². The quantitative estimate of drug-likeness (QED) is 0.814. The average molecular weight is 385 g/mol. The third kappa shape index (κ3) is 3.52. The number of rotatable bonds is 4. The predicted octanol–water partition coefficient (Wildman–Crippen LogP) is 4.51. The number of benzene rings is 2. The van der Waals surface area contributed by atoms with Gasteiger partial charge in [0.1, 0.15) is 5.75 Å². The fraction of sp³-hybridized carbons (Fsp3) is 0.333. The smallest absolute Gasteiger partial charge is 0.262 e. The van der Waals surface area contributed by atoms with Crippen molar-refractivity contribution in [1.29, 1.82) is 0 Å². The molecule has 0 bridgehead atoms. The Labute approximate surface area is 163 Å². The molecular weight excluding hydrogens is 364 g/mol.